The number of aliphatic imine (C=N–C) groups is 1. The molecule has 0 spiro atoms. The van der Waals surface area contributed by atoms with E-state index in [1.54, 1.807) is 7.11 Å². The first-order valence-corrected chi connectivity index (χ1v) is 9.58. The van der Waals surface area contributed by atoms with Crippen molar-refractivity contribution in [3.8, 4) is 5.75 Å². The normalized spacial score (nSPS) is 24.2. The van der Waals surface area contributed by atoms with Crippen LogP contribution in [-0.2, 0) is 0 Å². The fourth-order valence-electron chi connectivity index (χ4n) is 3.95. The summed E-state index contributed by atoms with van der Waals surface area (Å²) >= 11 is 0. The van der Waals surface area contributed by atoms with Gasteiger partial charge in [0.1, 0.15) is 17.4 Å². The third kappa shape index (κ3) is 3.04. The highest BCUT2D eigenvalue weighted by Crippen LogP contribution is 2.48. The molecule has 1 aromatic carbocycles. The molecule has 0 bridgehead atoms. The Hall–Kier alpha value is -3.30. The molecular weight excluding hydrogens is 368 g/mol. The lowest BCUT2D eigenvalue weighted by atomic mass is 10.1. The van der Waals surface area contributed by atoms with Crippen LogP contribution in [0.4, 0.5) is 5.69 Å². The van der Waals surface area contributed by atoms with Gasteiger partial charge in [-0.25, -0.2) is 0 Å². The van der Waals surface area contributed by atoms with Gasteiger partial charge in [-0.05, 0) is 43.0 Å². The van der Waals surface area contributed by atoms with E-state index in [0.717, 1.165) is 29.1 Å². The van der Waals surface area contributed by atoms with Gasteiger partial charge in [0.2, 0.25) is 12.1 Å². The van der Waals surface area contributed by atoms with Crippen LogP contribution in [0.15, 0.2) is 41.5 Å². The second-order valence-electron chi connectivity index (χ2n) is 7.49. The van der Waals surface area contributed by atoms with Gasteiger partial charge in [-0.2, -0.15) is 4.99 Å². The Morgan fingerprint density at radius 2 is 2.21 bits per heavy atom. The van der Waals surface area contributed by atoms with Crippen molar-refractivity contribution >= 4 is 23.0 Å². The molecule has 0 amide bonds. The number of ether oxygens (including phenoxy) is 1. The molecule has 3 aromatic rings. The summed E-state index contributed by atoms with van der Waals surface area (Å²) in [6.45, 7) is 1.93. The van der Waals surface area contributed by atoms with Crippen LogP contribution in [0, 0.1) is 18.3 Å². The van der Waals surface area contributed by atoms with Crippen LogP contribution < -0.4 is 21.1 Å². The largest absolute Gasteiger partial charge is 0.495 e. The van der Waals surface area contributed by atoms with E-state index in [1.165, 1.54) is 5.56 Å². The molecule has 3 heterocycles. The summed E-state index contributed by atoms with van der Waals surface area (Å²) < 4.78 is 7.42. The van der Waals surface area contributed by atoms with Gasteiger partial charge in [-0.15, -0.1) is 10.2 Å². The minimum atomic E-state index is -0.375. The number of fused-ring (bicyclic) bond motifs is 2. The first-order valence-electron chi connectivity index (χ1n) is 9.58. The van der Waals surface area contributed by atoms with Crippen molar-refractivity contribution in [3.63, 3.8) is 0 Å². The Bertz CT molecular complexity index is 1150. The number of quaternary nitrogens is 1. The number of aromatic nitrogens is 3. The molecule has 1 fully saturated rings. The zero-order chi connectivity index (χ0) is 20.1. The van der Waals surface area contributed by atoms with Crippen molar-refractivity contribution in [2.75, 3.05) is 12.4 Å². The predicted octanol–water partition coefficient (Wildman–Crippen LogP) is 0.805. The number of hydrogen-bond donors (Lipinski definition) is 4. The Balaban J connectivity index is 1.41. The second kappa shape index (κ2) is 6.64. The fraction of sp³-hybridized carbons (Fsp3) is 0.300. The highest BCUT2D eigenvalue weighted by Gasteiger charge is 2.43. The number of hydrogen-bond acceptors (Lipinski definition) is 6. The first-order chi connectivity index (χ1) is 14.0. The first kappa shape index (κ1) is 17.8. The molecular formula is C20H23N8O+. The van der Waals surface area contributed by atoms with Crippen molar-refractivity contribution in [2.24, 2.45) is 16.6 Å². The van der Waals surface area contributed by atoms with E-state index in [2.05, 4.69) is 32.8 Å². The molecule has 9 nitrogen and oxygen atoms in total. The number of anilines is 1. The molecule has 3 atom stereocenters. The van der Waals surface area contributed by atoms with Gasteiger partial charge in [0.15, 0.2) is 5.65 Å². The van der Waals surface area contributed by atoms with E-state index in [1.807, 2.05) is 40.9 Å². The van der Waals surface area contributed by atoms with Crippen LogP contribution in [0.1, 0.15) is 29.3 Å². The van der Waals surface area contributed by atoms with E-state index in [9.17, 15) is 0 Å². The van der Waals surface area contributed by atoms with Crippen LogP contribution in [0.2, 0.25) is 0 Å². The average Bonchev–Trinajstić information content (AvgIpc) is 3.45. The number of aryl methyl sites for hydroxylation is 1. The lowest BCUT2D eigenvalue weighted by Gasteiger charge is -2.24. The maximum Gasteiger partial charge on any atom is 0.238 e. The molecule has 29 heavy (non-hydrogen) atoms. The molecule has 1 aliphatic heterocycles. The van der Waals surface area contributed by atoms with E-state index >= 15 is 0 Å². The predicted molar refractivity (Wildman–Crippen MR) is 109 cm³/mol. The Kier molecular flexibility index (Phi) is 4.07. The number of nitrogens with two attached hydrogens (primary N) is 2. The minimum absolute atomic E-state index is 0.102. The van der Waals surface area contributed by atoms with Gasteiger partial charge in [0, 0.05) is 12.1 Å². The lowest BCUT2D eigenvalue weighted by molar-refractivity contribution is -0.573. The summed E-state index contributed by atoms with van der Waals surface area (Å²) in [5.74, 6) is 3.06. The highest BCUT2D eigenvalue weighted by atomic mass is 16.5. The van der Waals surface area contributed by atoms with Crippen LogP contribution >= 0.6 is 0 Å². The van der Waals surface area contributed by atoms with Crippen LogP contribution in [0.5, 0.6) is 5.75 Å². The van der Waals surface area contributed by atoms with Crippen LogP contribution in [-0.4, -0.2) is 39.7 Å². The number of nitrogens with one attached hydrogen (secondary N) is 2. The quantitative estimate of drug-likeness (QED) is 0.388. The Labute approximate surface area is 167 Å². The molecule has 6 N–H and O–H groups in total. The molecule has 9 heteroatoms. The molecule has 2 aromatic heterocycles. The van der Waals surface area contributed by atoms with E-state index in [4.69, 9.17) is 15.9 Å². The van der Waals surface area contributed by atoms with Gasteiger partial charge in [-0.1, -0.05) is 12.1 Å². The minimum Gasteiger partial charge on any atom is -0.495 e. The van der Waals surface area contributed by atoms with E-state index in [-0.39, 0.29) is 12.2 Å². The maximum absolute atomic E-state index is 8.57. The van der Waals surface area contributed by atoms with E-state index < -0.39 is 0 Å². The van der Waals surface area contributed by atoms with Crippen LogP contribution in [0.25, 0.3) is 5.65 Å². The lowest BCUT2D eigenvalue weighted by Crippen LogP contribution is -2.99. The molecule has 0 saturated heterocycles. The molecule has 0 radical (unpaired) electrons. The number of rotatable bonds is 3. The molecule has 2 aliphatic rings. The van der Waals surface area contributed by atoms with Crippen molar-refractivity contribution in [3.05, 3.63) is 53.5 Å². The summed E-state index contributed by atoms with van der Waals surface area (Å²) in [5, 5.41) is 21.9. The Morgan fingerprint density at radius 3 is 3.03 bits per heavy atom. The fourth-order valence-corrected chi connectivity index (χ4v) is 3.95. The van der Waals surface area contributed by atoms with Gasteiger partial charge in [0.05, 0.1) is 18.4 Å². The molecule has 148 valence electrons. The number of methoxy groups -OCH3 is 1. The van der Waals surface area contributed by atoms with E-state index in [0.29, 0.717) is 23.3 Å². The van der Waals surface area contributed by atoms with Crippen molar-refractivity contribution < 1.29 is 10.1 Å². The van der Waals surface area contributed by atoms with Crippen molar-refractivity contribution in [1.29, 1.82) is 5.41 Å². The number of benzene rings is 1. The monoisotopic (exact) mass is 391 g/mol. The molecule has 1 saturated carbocycles. The van der Waals surface area contributed by atoms with Crippen molar-refractivity contribution in [2.45, 2.75) is 25.6 Å². The van der Waals surface area contributed by atoms with Gasteiger partial charge >= 0.3 is 0 Å². The standard InChI is InChI=1S/C20H22N8O/c1-10-26-27-16-7-6-11(9-28(10)16)13-8-14(13)18(21)24-19-12-4-3-5-15(29-2)17(12)23-20(22)25-19/h3-7,9,13-14,20,23H,8,22H2,1-2H3,(H2,21,24,25)/p+1. The van der Waals surface area contributed by atoms with Gasteiger partial charge in [-0.3, -0.25) is 20.9 Å². The van der Waals surface area contributed by atoms with Crippen LogP contribution in [0.3, 0.4) is 0 Å². The van der Waals surface area contributed by atoms with Gasteiger partial charge < -0.3 is 10.1 Å². The number of para-hydroxylation sites is 1. The zero-order valence-corrected chi connectivity index (χ0v) is 16.3. The summed E-state index contributed by atoms with van der Waals surface area (Å²) in [6, 6.07) is 9.81. The summed E-state index contributed by atoms with van der Waals surface area (Å²) in [4.78, 5) is 4.65. The van der Waals surface area contributed by atoms with Crippen molar-refractivity contribution in [1.82, 2.24) is 14.6 Å². The van der Waals surface area contributed by atoms with Gasteiger partial charge in [0.25, 0.3) is 0 Å². The Morgan fingerprint density at radius 1 is 1.34 bits per heavy atom. The smallest absolute Gasteiger partial charge is 0.238 e. The highest BCUT2D eigenvalue weighted by molar-refractivity contribution is 6.06. The molecule has 3 unspecified atom stereocenters. The third-order valence-electron chi connectivity index (χ3n) is 5.58. The number of amidine groups is 2. The topological polar surface area (TPSA) is 130 Å². The third-order valence-corrected chi connectivity index (χ3v) is 5.58. The second-order valence-corrected chi connectivity index (χ2v) is 7.49. The number of nitrogens with zero attached hydrogens (tertiary/aromatic N) is 4. The zero-order valence-electron chi connectivity index (χ0n) is 16.3. The summed E-state index contributed by atoms with van der Waals surface area (Å²) in [5.41, 5.74) is 9.85. The SMILES string of the molecule is COc1cccc2c1NC(N)[NH2+]C2=NC(=N)C1CC1c1ccc2nnc(C)n2c1. The molecule has 1 aliphatic carbocycles. The number of pyridine rings is 1. The summed E-state index contributed by atoms with van der Waals surface area (Å²) in [6.07, 6.45) is 2.61. The average molecular weight is 391 g/mol. The summed E-state index contributed by atoms with van der Waals surface area (Å²) in [7, 11) is 1.63. The molecule has 5 rings (SSSR count). The maximum atomic E-state index is 8.57.